The zero-order chi connectivity index (χ0) is 13.3. The fourth-order valence-corrected chi connectivity index (χ4v) is 2.55. The molecule has 98 valence electrons. The zero-order valence-electron chi connectivity index (χ0n) is 10.4. The van der Waals surface area contributed by atoms with E-state index < -0.39 is 0 Å². The van der Waals surface area contributed by atoms with Gasteiger partial charge >= 0.3 is 0 Å². The molecule has 1 aromatic carbocycles. The van der Waals surface area contributed by atoms with Crippen molar-refractivity contribution in [1.29, 1.82) is 0 Å². The molecule has 1 heterocycles. The first kappa shape index (κ1) is 13.4. The standard InChI is InChI=1S/C13H16BrNO3/c1-8-6-15(7-9(2)18-8)13(17)11-5-10(14)3-4-12(11)16/h3-5,8-9,16H,6-7H2,1-2H3/t8-,9-/m1/s1. The van der Waals surface area contributed by atoms with Crippen molar-refractivity contribution in [3.63, 3.8) is 0 Å². The van der Waals surface area contributed by atoms with E-state index in [2.05, 4.69) is 15.9 Å². The molecule has 2 rings (SSSR count). The number of morpholine rings is 1. The predicted octanol–water partition coefficient (Wildman–Crippen LogP) is 2.40. The second-order valence-electron chi connectivity index (χ2n) is 4.63. The van der Waals surface area contributed by atoms with E-state index in [9.17, 15) is 9.90 Å². The Kier molecular flexibility index (Phi) is 3.92. The van der Waals surface area contributed by atoms with E-state index in [-0.39, 0.29) is 23.9 Å². The molecule has 0 spiro atoms. The maximum absolute atomic E-state index is 12.4. The van der Waals surface area contributed by atoms with Crippen LogP contribution in [0.1, 0.15) is 24.2 Å². The molecule has 1 fully saturated rings. The Morgan fingerprint density at radius 3 is 2.61 bits per heavy atom. The number of phenolic OH excluding ortho intramolecular Hbond substituents is 1. The SMILES string of the molecule is C[C@@H]1CN(C(=O)c2cc(Br)ccc2O)C[C@@H](C)O1. The molecule has 1 aliphatic rings. The number of hydrogen-bond donors (Lipinski definition) is 1. The van der Waals surface area contributed by atoms with Gasteiger partial charge in [0.15, 0.2) is 0 Å². The highest BCUT2D eigenvalue weighted by Gasteiger charge is 2.27. The summed E-state index contributed by atoms with van der Waals surface area (Å²) in [5.74, 6) is -0.147. The van der Waals surface area contributed by atoms with Crippen molar-refractivity contribution in [3.8, 4) is 5.75 Å². The highest BCUT2D eigenvalue weighted by Crippen LogP contribution is 2.24. The van der Waals surface area contributed by atoms with Gasteiger partial charge in [-0.1, -0.05) is 15.9 Å². The van der Waals surface area contributed by atoms with Crippen molar-refractivity contribution in [2.45, 2.75) is 26.1 Å². The number of benzene rings is 1. The largest absolute Gasteiger partial charge is 0.507 e. The van der Waals surface area contributed by atoms with Crippen LogP contribution in [0.4, 0.5) is 0 Å². The first-order valence-corrected chi connectivity index (χ1v) is 6.70. The Morgan fingerprint density at radius 2 is 2.00 bits per heavy atom. The summed E-state index contributed by atoms with van der Waals surface area (Å²) in [5.41, 5.74) is 0.325. The molecule has 2 atom stereocenters. The third-order valence-electron chi connectivity index (χ3n) is 2.90. The van der Waals surface area contributed by atoms with Gasteiger partial charge in [-0.05, 0) is 32.0 Å². The minimum absolute atomic E-state index is 0.00926. The first-order chi connectivity index (χ1) is 8.47. The van der Waals surface area contributed by atoms with E-state index >= 15 is 0 Å². The summed E-state index contributed by atoms with van der Waals surface area (Å²) < 4.78 is 6.37. The molecule has 0 bridgehead atoms. The molecule has 0 unspecified atom stereocenters. The fourth-order valence-electron chi connectivity index (χ4n) is 2.19. The lowest BCUT2D eigenvalue weighted by molar-refractivity contribution is -0.0586. The van der Waals surface area contributed by atoms with Crippen molar-refractivity contribution in [1.82, 2.24) is 4.90 Å². The molecule has 0 radical (unpaired) electrons. The molecule has 5 heteroatoms. The van der Waals surface area contributed by atoms with Crippen LogP contribution >= 0.6 is 15.9 Å². The summed E-state index contributed by atoms with van der Waals surface area (Å²) >= 11 is 3.31. The summed E-state index contributed by atoms with van der Waals surface area (Å²) in [6, 6.07) is 4.86. The smallest absolute Gasteiger partial charge is 0.257 e. The van der Waals surface area contributed by atoms with Crippen LogP contribution in [-0.2, 0) is 4.74 Å². The van der Waals surface area contributed by atoms with E-state index in [4.69, 9.17) is 4.74 Å². The number of ether oxygens (including phenoxy) is 1. The number of amides is 1. The minimum Gasteiger partial charge on any atom is -0.507 e. The van der Waals surface area contributed by atoms with Crippen LogP contribution in [0.5, 0.6) is 5.75 Å². The van der Waals surface area contributed by atoms with Crippen molar-refractivity contribution in [3.05, 3.63) is 28.2 Å². The second-order valence-corrected chi connectivity index (χ2v) is 5.54. The van der Waals surface area contributed by atoms with E-state index in [0.29, 0.717) is 18.7 Å². The van der Waals surface area contributed by atoms with Crippen LogP contribution in [0.3, 0.4) is 0 Å². The van der Waals surface area contributed by atoms with E-state index in [1.54, 1.807) is 17.0 Å². The van der Waals surface area contributed by atoms with Crippen molar-refractivity contribution in [2.75, 3.05) is 13.1 Å². The van der Waals surface area contributed by atoms with Gasteiger partial charge in [0.2, 0.25) is 0 Å². The van der Waals surface area contributed by atoms with Crippen LogP contribution in [0.2, 0.25) is 0 Å². The number of phenols is 1. The molecule has 0 saturated carbocycles. The Balaban J connectivity index is 2.22. The summed E-state index contributed by atoms with van der Waals surface area (Å²) in [4.78, 5) is 14.1. The number of rotatable bonds is 1. The van der Waals surface area contributed by atoms with Gasteiger partial charge in [0.05, 0.1) is 17.8 Å². The molecule has 1 aromatic rings. The number of hydrogen-bond acceptors (Lipinski definition) is 3. The van der Waals surface area contributed by atoms with E-state index in [0.717, 1.165) is 4.47 Å². The van der Waals surface area contributed by atoms with Crippen LogP contribution < -0.4 is 0 Å². The molecular formula is C13H16BrNO3. The van der Waals surface area contributed by atoms with Crippen LogP contribution in [-0.4, -0.2) is 41.2 Å². The molecule has 0 aromatic heterocycles. The van der Waals surface area contributed by atoms with Gasteiger partial charge in [-0.25, -0.2) is 0 Å². The van der Waals surface area contributed by atoms with Gasteiger partial charge in [-0.15, -0.1) is 0 Å². The number of nitrogens with zero attached hydrogens (tertiary/aromatic N) is 1. The van der Waals surface area contributed by atoms with Crippen molar-refractivity contribution < 1.29 is 14.6 Å². The van der Waals surface area contributed by atoms with Crippen LogP contribution in [0.15, 0.2) is 22.7 Å². The lowest BCUT2D eigenvalue weighted by Crippen LogP contribution is -2.48. The van der Waals surface area contributed by atoms with E-state index in [1.165, 1.54) is 6.07 Å². The topological polar surface area (TPSA) is 49.8 Å². The Morgan fingerprint density at radius 1 is 1.39 bits per heavy atom. The molecule has 1 amide bonds. The number of aromatic hydroxyl groups is 1. The quantitative estimate of drug-likeness (QED) is 0.866. The highest BCUT2D eigenvalue weighted by molar-refractivity contribution is 9.10. The molecule has 0 aliphatic carbocycles. The minimum atomic E-state index is -0.157. The van der Waals surface area contributed by atoms with Gasteiger partial charge in [-0.3, -0.25) is 4.79 Å². The Labute approximate surface area is 115 Å². The average molecular weight is 314 g/mol. The summed E-state index contributed by atoms with van der Waals surface area (Å²) in [6.07, 6.45) is 0.0407. The van der Waals surface area contributed by atoms with Crippen LogP contribution in [0.25, 0.3) is 0 Å². The summed E-state index contributed by atoms with van der Waals surface area (Å²) in [7, 11) is 0. The lowest BCUT2D eigenvalue weighted by atomic mass is 10.1. The third-order valence-corrected chi connectivity index (χ3v) is 3.39. The number of halogens is 1. The zero-order valence-corrected chi connectivity index (χ0v) is 12.0. The molecular weight excluding hydrogens is 298 g/mol. The fraction of sp³-hybridized carbons (Fsp3) is 0.462. The number of carbonyl (C=O) groups is 1. The monoisotopic (exact) mass is 313 g/mol. The molecule has 1 saturated heterocycles. The number of carbonyl (C=O) groups excluding carboxylic acids is 1. The van der Waals surface area contributed by atoms with Gasteiger partial charge in [-0.2, -0.15) is 0 Å². The first-order valence-electron chi connectivity index (χ1n) is 5.90. The predicted molar refractivity (Wildman–Crippen MR) is 71.7 cm³/mol. The maximum atomic E-state index is 12.4. The van der Waals surface area contributed by atoms with Gasteiger partial charge in [0, 0.05) is 17.6 Å². The Hall–Kier alpha value is -1.07. The summed E-state index contributed by atoms with van der Waals surface area (Å²) in [6.45, 7) is 4.98. The molecule has 18 heavy (non-hydrogen) atoms. The normalized spacial score (nSPS) is 24.1. The average Bonchev–Trinajstić information content (AvgIpc) is 2.30. The highest BCUT2D eigenvalue weighted by atomic mass is 79.9. The third kappa shape index (κ3) is 2.84. The van der Waals surface area contributed by atoms with Gasteiger partial charge in [0.25, 0.3) is 5.91 Å². The van der Waals surface area contributed by atoms with Gasteiger partial charge in [0.1, 0.15) is 5.75 Å². The molecule has 4 nitrogen and oxygen atoms in total. The van der Waals surface area contributed by atoms with Crippen molar-refractivity contribution in [2.24, 2.45) is 0 Å². The van der Waals surface area contributed by atoms with Gasteiger partial charge < -0.3 is 14.7 Å². The molecule has 1 N–H and O–H groups in total. The maximum Gasteiger partial charge on any atom is 0.257 e. The summed E-state index contributed by atoms with van der Waals surface area (Å²) in [5, 5.41) is 9.77. The van der Waals surface area contributed by atoms with Crippen molar-refractivity contribution >= 4 is 21.8 Å². The second kappa shape index (κ2) is 5.28. The molecule has 1 aliphatic heterocycles. The van der Waals surface area contributed by atoms with E-state index in [1.807, 2.05) is 13.8 Å². The lowest BCUT2D eigenvalue weighted by Gasteiger charge is -2.35. The Bertz CT molecular complexity index is 454. The van der Waals surface area contributed by atoms with Crippen LogP contribution in [0, 0.1) is 0 Å².